The van der Waals surface area contributed by atoms with Crippen molar-refractivity contribution in [2.24, 2.45) is 5.73 Å². The van der Waals surface area contributed by atoms with E-state index in [9.17, 15) is 9.59 Å². The molecule has 2 fully saturated rings. The Morgan fingerprint density at radius 3 is 3.24 bits per heavy atom. The van der Waals surface area contributed by atoms with Crippen molar-refractivity contribution in [1.29, 1.82) is 0 Å². The molecule has 2 saturated heterocycles. The Morgan fingerprint density at radius 2 is 2.48 bits per heavy atom. The number of carbonyl (C=O) groups excluding carboxylic acids is 2. The molecule has 0 aliphatic carbocycles. The van der Waals surface area contributed by atoms with E-state index in [-0.39, 0.29) is 23.5 Å². The summed E-state index contributed by atoms with van der Waals surface area (Å²) in [6.07, 6.45) is 0.738. The number of nitrogens with zero attached hydrogens (tertiary/aromatic N) is 2. The molecule has 3 heterocycles. The van der Waals surface area contributed by atoms with Crippen LogP contribution in [0.25, 0.3) is 10.8 Å². The highest BCUT2D eigenvalue weighted by Crippen LogP contribution is 2.33. The van der Waals surface area contributed by atoms with Crippen LogP contribution in [0.5, 0.6) is 5.75 Å². The summed E-state index contributed by atoms with van der Waals surface area (Å²) < 4.78 is 47.8. The lowest BCUT2D eigenvalue weighted by molar-refractivity contribution is 0.0996. The summed E-state index contributed by atoms with van der Waals surface area (Å²) in [5, 5.41) is 3.80. The lowest BCUT2D eigenvalue weighted by atomic mass is 10.1. The Morgan fingerprint density at radius 1 is 1.60 bits per heavy atom. The van der Waals surface area contributed by atoms with E-state index in [4.69, 9.17) is 22.1 Å². The maximum absolute atomic E-state index is 11.9. The number of hydrogen-bond donors (Lipinski definition) is 2. The van der Waals surface area contributed by atoms with Crippen LogP contribution in [0.15, 0.2) is 24.4 Å². The van der Waals surface area contributed by atoms with E-state index in [1.54, 1.807) is 6.07 Å². The molecular weight excluding hydrogens is 324 g/mol. The predicted octanol–water partition coefficient (Wildman–Crippen LogP) is 1.03. The van der Waals surface area contributed by atoms with Crippen molar-refractivity contribution in [3.8, 4) is 5.75 Å². The number of anilines is 1. The van der Waals surface area contributed by atoms with Crippen LogP contribution in [0.1, 0.15) is 24.1 Å². The average Bonchev–Trinajstić information content (AvgIpc) is 3.16. The molecule has 0 radical (unpaired) electrons. The molecule has 2 aliphatic rings. The normalized spacial score (nSPS) is 25.8. The highest BCUT2D eigenvalue weighted by Gasteiger charge is 2.42. The van der Waals surface area contributed by atoms with Crippen molar-refractivity contribution in [1.82, 2.24) is 10.3 Å². The van der Waals surface area contributed by atoms with Crippen LogP contribution in [-0.4, -0.2) is 48.8 Å². The molecule has 3 N–H and O–H groups in total. The number of amides is 2. The SMILES string of the molecule is [2H]C([2H])([2H])C([2H])([2H])Oc1cc2c(N3CC4NC(=O)OC4C3)nccc2cc1C(N)=O. The summed E-state index contributed by atoms with van der Waals surface area (Å²) in [7, 11) is 0. The number of hydrogen-bond acceptors (Lipinski definition) is 6. The van der Waals surface area contributed by atoms with E-state index in [0.717, 1.165) is 0 Å². The fourth-order valence-electron chi connectivity index (χ4n) is 3.30. The highest BCUT2D eigenvalue weighted by molar-refractivity contribution is 6.03. The van der Waals surface area contributed by atoms with Crippen LogP contribution < -0.4 is 20.7 Å². The number of rotatable bonds is 4. The lowest BCUT2D eigenvalue weighted by Crippen LogP contribution is -2.32. The number of alkyl carbamates (subject to hydrolysis) is 1. The van der Waals surface area contributed by atoms with Crippen LogP contribution in [0.2, 0.25) is 0 Å². The van der Waals surface area contributed by atoms with Gasteiger partial charge in [-0.15, -0.1) is 0 Å². The first-order valence-corrected chi connectivity index (χ1v) is 7.60. The molecule has 25 heavy (non-hydrogen) atoms. The smallest absolute Gasteiger partial charge is 0.407 e. The number of carbonyl (C=O) groups is 2. The average molecular weight is 347 g/mol. The first-order chi connectivity index (χ1) is 14.0. The van der Waals surface area contributed by atoms with Gasteiger partial charge in [0.25, 0.3) is 5.91 Å². The zero-order chi connectivity index (χ0) is 21.8. The molecule has 8 heteroatoms. The number of primary amides is 1. The number of nitrogens with one attached hydrogen (secondary N) is 1. The van der Waals surface area contributed by atoms with Gasteiger partial charge in [0.2, 0.25) is 0 Å². The fraction of sp³-hybridized carbons (Fsp3) is 0.353. The Labute approximate surface area is 150 Å². The predicted molar refractivity (Wildman–Crippen MR) is 90.8 cm³/mol. The second kappa shape index (κ2) is 5.80. The maximum Gasteiger partial charge on any atom is 0.407 e. The van der Waals surface area contributed by atoms with Gasteiger partial charge in [-0.05, 0) is 30.4 Å². The molecule has 130 valence electrons. The van der Waals surface area contributed by atoms with Gasteiger partial charge in [0.1, 0.15) is 17.7 Å². The summed E-state index contributed by atoms with van der Waals surface area (Å²) in [6.45, 7) is -5.31. The van der Waals surface area contributed by atoms with Crippen molar-refractivity contribution in [3.05, 3.63) is 30.0 Å². The summed E-state index contributed by atoms with van der Waals surface area (Å²) in [6, 6.07) is 4.21. The van der Waals surface area contributed by atoms with E-state index in [1.807, 2.05) is 4.90 Å². The molecule has 0 saturated carbocycles. The minimum Gasteiger partial charge on any atom is -0.493 e. The van der Waals surface area contributed by atoms with Crippen molar-refractivity contribution in [2.45, 2.75) is 19.0 Å². The second-order valence-corrected chi connectivity index (χ2v) is 5.87. The largest absolute Gasteiger partial charge is 0.493 e. The topological polar surface area (TPSA) is 107 Å². The van der Waals surface area contributed by atoms with Gasteiger partial charge in [-0.1, -0.05) is 0 Å². The number of fused-ring (bicyclic) bond motifs is 2. The van der Waals surface area contributed by atoms with E-state index < -0.39 is 25.4 Å². The van der Waals surface area contributed by atoms with E-state index in [0.29, 0.717) is 29.7 Å². The van der Waals surface area contributed by atoms with Gasteiger partial charge in [-0.3, -0.25) is 4.79 Å². The molecule has 2 aromatic rings. The Hall–Kier alpha value is -3.03. The Kier molecular flexibility index (Phi) is 2.50. The van der Waals surface area contributed by atoms with Crippen LogP contribution >= 0.6 is 0 Å². The quantitative estimate of drug-likeness (QED) is 0.855. The zero-order valence-corrected chi connectivity index (χ0v) is 13.0. The number of ether oxygens (including phenoxy) is 2. The molecule has 0 bridgehead atoms. The summed E-state index contributed by atoms with van der Waals surface area (Å²) in [4.78, 5) is 29.5. The van der Waals surface area contributed by atoms with E-state index in [1.165, 1.54) is 18.3 Å². The molecule has 1 aromatic carbocycles. The first kappa shape index (κ1) is 10.8. The first-order valence-electron chi connectivity index (χ1n) is 10.1. The molecule has 8 nitrogen and oxygen atoms in total. The summed E-state index contributed by atoms with van der Waals surface area (Å²) in [5.41, 5.74) is 5.25. The minimum atomic E-state index is -3.09. The molecule has 2 unspecified atom stereocenters. The third kappa shape index (κ3) is 2.59. The van der Waals surface area contributed by atoms with Crippen LogP contribution in [0.3, 0.4) is 0 Å². The zero-order valence-electron chi connectivity index (χ0n) is 18.0. The highest BCUT2D eigenvalue weighted by atomic mass is 16.6. The molecule has 1 aromatic heterocycles. The third-order valence-electron chi connectivity index (χ3n) is 4.40. The summed E-state index contributed by atoms with van der Waals surface area (Å²) in [5.74, 6) is -0.692. The number of benzene rings is 1. The van der Waals surface area contributed by atoms with Crippen molar-refractivity contribution in [3.63, 3.8) is 0 Å². The molecule has 0 spiro atoms. The van der Waals surface area contributed by atoms with Gasteiger partial charge in [-0.2, -0.15) is 0 Å². The van der Waals surface area contributed by atoms with Crippen molar-refractivity contribution in [2.75, 3.05) is 24.5 Å². The fourth-order valence-corrected chi connectivity index (χ4v) is 3.30. The molecule has 2 aliphatic heterocycles. The number of pyridine rings is 1. The second-order valence-electron chi connectivity index (χ2n) is 5.87. The van der Waals surface area contributed by atoms with Gasteiger partial charge in [0.15, 0.2) is 0 Å². The van der Waals surface area contributed by atoms with Crippen LogP contribution in [0, 0.1) is 0 Å². The van der Waals surface area contributed by atoms with Crippen LogP contribution in [-0.2, 0) is 4.74 Å². The lowest BCUT2D eigenvalue weighted by Gasteiger charge is -2.20. The van der Waals surface area contributed by atoms with Gasteiger partial charge >= 0.3 is 6.09 Å². The molecular formula is C17H18N4O4. The molecule has 2 amide bonds. The van der Waals surface area contributed by atoms with Crippen molar-refractivity contribution >= 4 is 28.6 Å². The standard InChI is InChI=1S/C17H18N4O4/c1-2-24-13-6-10-9(5-11(13)15(18)22)3-4-19-16(10)21-7-12-14(8-21)25-17(23)20-12/h3-6,12,14H,2,7-8H2,1H3,(H2,18,22)(H,20,23)/i1D3,2D2. The van der Waals surface area contributed by atoms with Crippen molar-refractivity contribution < 1.29 is 25.9 Å². The minimum absolute atomic E-state index is 0.151. The van der Waals surface area contributed by atoms with Gasteiger partial charge in [0, 0.05) is 22.2 Å². The number of nitrogens with two attached hydrogens (primary N) is 1. The van der Waals surface area contributed by atoms with Crippen LogP contribution in [0.4, 0.5) is 10.6 Å². The summed E-state index contributed by atoms with van der Waals surface area (Å²) >= 11 is 0. The van der Waals surface area contributed by atoms with E-state index in [2.05, 4.69) is 10.3 Å². The molecule has 4 rings (SSSR count). The van der Waals surface area contributed by atoms with Gasteiger partial charge < -0.3 is 25.4 Å². The number of aromatic nitrogens is 1. The van der Waals surface area contributed by atoms with Gasteiger partial charge in [0.05, 0.1) is 27.5 Å². The monoisotopic (exact) mass is 347 g/mol. The Balaban J connectivity index is 1.77. The van der Waals surface area contributed by atoms with Gasteiger partial charge in [-0.25, -0.2) is 9.78 Å². The third-order valence-corrected chi connectivity index (χ3v) is 4.40. The Bertz CT molecular complexity index is 1030. The maximum atomic E-state index is 11.9. The van der Waals surface area contributed by atoms with E-state index >= 15 is 0 Å². The molecule has 2 atom stereocenters.